The Labute approximate surface area is 77.5 Å². The first-order chi connectivity index (χ1) is 5.52. The molecule has 2 radical (unpaired) electrons. The largest absolute Gasteiger partial charge is 0.121 e. The summed E-state index contributed by atoms with van der Waals surface area (Å²) in [5.41, 5.74) is 0. The average molecular weight is 176 g/mol. The van der Waals surface area contributed by atoms with E-state index in [1.54, 1.807) is 0 Å². The van der Waals surface area contributed by atoms with E-state index in [4.69, 9.17) is 7.57 Å². The quantitative estimate of drug-likeness (QED) is 0.455. The first kappa shape index (κ1) is 9.80. The van der Waals surface area contributed by atoms with Gasteiger partial charge in [-0.2, -0.15) is 0 Å². The fourth-order valence-corrected chi connectivity index (χ4v) is 2.24. The van der Waals surface area contributed by atoms with Crippen LogP contribution < -0.4 is 5.30 Å². The molecule has 1 aromatic carbocycles. The van der Waals surface area contributed by atoms with E-state index in [0.29, 0.717) is 0 Å². The van der Waals surface area contributed by atoms with Crippen LogP contribution in [0.1, 0.15) is 20.8 Å². The Morgan fingerprint density at radius 1 is 1.08 bits per heavy atom. The molecule has 0 nitrogen and oxygen atoms in total. The summed E-state index contributed by atoms with van der Waals surface area (Å²) < 4.78 is 0. The number of hydrogen-bond acceptors (Lipinski definition) is 0. The highest BCUT2D eigenvalue weighted by Gasteiger charge is 2.19. The van der Waals surface area contributed by atoms with Crippen molar-refractivity contribution in [2.75, 3.05) is 0 Å². The van der Waals surface area contributed by atoms with Crippen molar-refractivity contribution >= 4 is 20.7 Å². The zero-order valence-electron chi connectivity index (χ0n) is 7.91. The van der Waals surface area contributed by atoms with Gasteiger partial charge in [0.05, 0.1) is 0 Å². The maximum Gasteiger partial charge on any atom is 0.116 e. The van der Waals surface area contributed by atoms with E-state index >= 15 is 0 Å². The fraction of sp³-hybridized carbons (Fsp3) is 0.400. The van der Waals surface area contributed by atoms with Crippen LogP contribution in [0.25, 0.3) is 0 Å². The minimum absolute atomic E-state index is 0.205. The van der Waals surface area contributed by atoms with Crippen LogP contribution in [0.15, 0.2) is 30.3 Å². The van der Waals surface area contributed by atoms with Crippen molar-refractivity contribution in [1.29, 1.82) is 0 Å². The number of rotatable bonds is 1. The summed E-state index contributed by atoms with van der Waals surface area (Å²) >= 11 is 0. The molecule has 2 heteroatoms. The summed E-state index contributed by atoms with van der Waals surface area (Å²) in [6, 6.07) is 10.3. The summed E-state index contributed by atoms with van der Waals surface area (Å²) in [6.45, 7) is 6.56. The molecule has 0 saturated carbocycles. The molecule has 0 aliphatic carbocycles. The Hall–Kier alpha value is -0.285. The molecule has 1 atom stereocenters. The predicted octanol–water partition coefficient (Wildman–Crippen LogP) is 2.68. The molecular formula is C10H14BP. The Balaban J connectivity index is 2.86. The van der Waals surface area contributed by atoms with E-state index in [2.05, 4.69) is 32.9 Å². The highest BCUT2D eigenvalue weighted by atomic mass is 31.1. The van der Waals surface area contributed by atoms with Crippen LogP contribution in [-0.2, 0) is 0 Å². The maximum atomic E-state index is 6.14. The van der Waals surface area contributed by atoms with Crippen LogP contribution in [0.3, 0.4) is 0 Å². The van der Waals surface area contributed by atoms with Gasteiger partial charge >= 0.3 is 0 Å². The molecule has 12 heavy (non-hydrogen) atoms. The van der Waals surface area contributed by atoms with Crippen LogP contribution in [0.4, 0.5) is 0 Å². The van der Waals surface area contributed by atoms with Crippen LogP contribution in [-0.4, -0.2) is 12.7 Å². The highest BCUT2D eigenvalue weighted by molar-refractivity contribution is 7.89. The predicted molar refractivity (Wildman–Crippen MR) is 58.5 cm³/mol. The molecule has 1 rings (SSSR count). The molecular weight excluding hydrogens is 162 g/mol. The molecule has 0 aliphatic heterocycles. The van der Waals surface area contributed by atoms with Crippen LogP contribution in [0, 0.1) is 0 Å². The van der Waals surface area contributed by atoms with Crippen LogP contribution >= 0.6 is 7.80 Å². The Morgan fingerprint density at radius 2 is 1.58 bits per heavy atom. The Bertz CT molecular complexity index is 238. The van der Waals surface area contributed by atoms with Crippen molar-refractivity contribution in [2.45, 2.75) is 25.9 Å². The second kappa shape index (κ2) is 3.62. The lowest BCUT2D eigenvalue weighted by molar-refractivity contribution is 0.796. The van der Waals surface area contributed by atoms with Gasteiger partial charge in [0.1, 0.15) is 7.57 Å². The molecule has 62 valence electrons. The molecule has 0 aromatic heterocycles. The molecule has 0 unspecified atom stereocenters. The van der Waals surface area contributed by atoms with Crippen molar-refractivity contribution in [3.63, 3.8) is 0 Å². The zero-order valence-corrected chi connectivity index (χ0v) is 8.81. The van der Waals surface area contributed by atoms with E-state index in [9.17, 15) is 0 Å². The van der Waals surface area contributed by atoms with Crippen molar-refractivity contribution in [3.8, 4) is 0 Å². The first-order valence-electron chi connectivity index (χ1n) is 4.12. The third kappa shape index (κ3) is 2.35. The smallest absolute Gasteiger partial charge is 0.116 e. The van der Waals surface area contributed by atoms with Gasteiger partial charge < -0.3 is 0 Å². The summed E-state index contributed by atoms with van der Waals surface area (Å²) in [5.74, 6) is 0. The lowest BCUT2D eigenvalue weighted by Gasteiger charge is -2.28. The Kier molecular flexibility index (Phi) is 2.96. The van der Waals surface area contributed by atoms with Gasteiger partial charge in [0.15, 0.2) is 0 Å². The van der Waals surface area contributed by atoms with Gasteiger partial charge in [0, 0.05) is 0 Å². The van der Waals surface area contributed by atoms with E-state index in [-0.39, 0.29) is 5.16 Å². The Morgan fingerprint density at radius 3 is 2.00 bits per heavy atom. The highest BCUT2D eigenvalue weighted by Crippen LogP contribution is 2.43. The summed E-state index contributed by atoms with van der Waals surface area (Å²) in [4.78, 5) is 0. The molecule has 0 saturated heterocycles. The minimum atomic E-state index is -0.517. The fourth-order valence-electron chi connectivity index (χ4n) is 0.976. The van der Waals surface area contributed by atoms with Crippen molar-refractivity contribution < 1.29 is 0 Å². The first-order valence-corrected chi connectivity index (χ1v) is 5.53. The molecule has 0 fully saturated rings. The molecule has 0 heterocycles. The average Bonchev–Trinajstić information content (AvgIpc) is 2.03. The number of hydrogen-bond donors (Lipinski definition) is 0. The topological polar surface area (TPSA) is 0 Å². The maximum absolute atomic E-state index is 6.14. The van der Waals surface area contributed by atoms with Gasteiger partial charge in [0.2, 0.25) is 0 Å². The second-order valence-corrected chi connectivity index (χ2v) is 6.47. The van der Waals surface area contributed by atoms with E-state index in [1.807, 2.05) is 18.2 Å². The van der Waals surface area contributed by atoms with Crippen LogP contribution in [0.5, 0.6) is 0 Å². The van der Waals surface area contributed by atoms with Gasteiger partial charge in [-0.25, -0.2) is 0 Å². The third-order valence-corrected chi connectivity index (χ3v) is 4.06. The molecule has 0 amide bonds. The SMILES string of the molecule is [B][P@](c1ccccc1)C(C)(C)C. The monoisotopic (exact) mass is 176 g/mol. The van der Waals surface area contributed by atoms with E-state index in [1.165, 1.54) is 5.30 Å². The number of benzene rings is 1. The van der Waals surface area contributed by atoms with E-state index in [0.717, 1.165) is 0 Å². The minimum Gasteiger partial charge on any atom is -0.121 e. The molecule has 1 aromatic rings. The summed E-state index contributed by atoms with van der Waals surface area (Å²) in [7, 11) is 5.62. The standard InChI is InChI=1S/C10H14BP/c1-10(2,3)12(11)9-7-5-4-6-8-9/h4-8H,1-3H3/t12-/m1/s1. The second-order valence-electron chi connectivity index (χ2n) is 3.88. The van der Waals surface area contributed by atoms with Gasteiger partial charge in [-0.1, -0.05) is 51.1 Å². The molecule has 0 bridgehead atoms. The van der Waals surface area contributed by atoms with Crippen LogP contribution in [0.2, 0.25) is 0 Å². The normalized spacial score (nSPS) is 14.2. The summed E-state index contributed by atoms with van der Waals surface area (Å²) in [5, 5.41) is 1.48. The third-order valence-electron chi connectivity index (χ3n) is 1.76. The van der Waals surface area contributed by atoms with Gasteiger partial charge in [-0.3, -0.25) is 0 Å². The molecule has 0 aliphatic rings. The summed E-state index contributed by atoms with van der Waals surface area (Å²) in [6.07, 6.45) is 0. The molecule has 0 spiro atoms. The van der Waals surface area contributed by atoms with Gasteiger partial charge in [-0.05, 0) is 10.5 Å². The van der Waals surface area contributed by atoms with E-state index < -0.39 is 7.80 Å². The van der Waals surface area contributed by atoms with Crippen molar-refractivity contribution in [2.24, 2.45) is 0 Å². The van der Waals surface area contributed by atoms with Crippen molar-refractivity contribution in [3.05, 3.63) is 30.3 Å². The lowest BCUT2D eigenvalue weighted by Crippen LogP contribution is -2.18. The zero-order chi connectivity index (χ0) is 9.19. The van der Waals surface area contributed by atoms with Gasteiger partial charge in [0.25, 0.3) is 0 Å². The lowest BCUT2D eigenvalue weighted by atomic mass is 10.3. The van der Waals surface area contributed by atoms with Crippen molar-refractivity contribution in [1.82, 2.24) is 0 Å². The van der Waals surface area contributed by atoms with Gasteiger partial charge in [-0.15, -0.1) is 7.80 Å². The molecule has 0 N–H and O–H groups in total.